The van der Waals surface area contributed by atoms with Gasteiger partial charge in [0, 0.05) is 38.7 Å². The van der Waals surface area contributed by atoms with Gasteiger partial charge in [-0.1, -0.05) is 0 Å². The van der Waals surface area contributed by atoms with Crippen LogP contribution in [-0.2, 0) is 7.05 Å². The van der Waals surface area contributed by atoms with Crippen LogP contribution in [-0.4, -0.2) is 62.7 Å². The van der Waals surface area contributed by atoms with Gasteiger partial charge in [-0.15, -0.1) is 0 Å². The van der Waals surface area contributed by atoms with Gasteiger partial charge in [-0.25, -0.2) is 9.97 Å². The first kappa shape index (κ1) is 18.1. The summed E-state index contributed by atoms with van der Waals surface area (Å²) in [5.41, 5.74) is -0.522. The van der Waals surface area contributed by atoms with Crippen molar-refractivity contribution in [2.45, 2.75) is 18.9 Å². The van der Waals surface area contributed by atoms with Gasteiger partial charge in [0.1, 0.15) is 11.2 Å². The fourth-order valence-corrected chi connectivity index (χ4v) is 3.22. The van der Waals surface area contributed by atoms with Crippen LogP contribution in [0.3, 0.4) is 0 Å². The standard InChI is InChI=1S/C18H23N5O3/c1-13-5-6-14(16(25)22(13)3)15(24)21(2)11-18(26)7-10-23(12-18)17-19-8-4-9-20-17/h4-6,8-9,26H,7,10-12H2,1-3H3/t18-/m0/s1. The van der Waals surface area contributed by atoms with Crippen molar-refractivity contribution < 1.29 is 9.90 Å². The Morgan fingerprint density at radius 2 is 2.04 bits per heavy atom. The Kier molecular flexibility index (Phi) is 4.78. The molecule has 0 aliphatic carbocycles. The zero-order valence-corrected chi connectivity index (χ0v) is 15.2. The normalized spacial score (nSPS) is 19.6. The summed E-state index contributed by atoms with van der Waals surface area (Å²) in [6.07, 6.45) is 3.81. The van der Waals surface area contributed by atoms with Gasteiger partial charge >= 0.3 is 0 Å². The minimum atomic E-state index is -1.07. The van der Waals surface area contributed by atoms with Crippen LogP contribution in [0, 0.1) is 6.92 Å². The van der Waals surface area contributed by atoms with Gasteiger partial charge in [0.05, 0.1) is 13.1 Å². The predicted octanol–water partition coefficient (Wildman–Crippen LogP) is 0.197. The molecule has 26 heavy (non-hydrogen) atoms. The van der Waals surface area contributed by atoms with Crippen molar-refractivity contribution in [2.75, 3.05) is 31.6 Å². The van der Waals surface area contributed by atoms with Crippen LogP contribution in [0.2, 0.25) is 0 Å². The lowest BCUT2D eigenvalue weighted by Gasteiger charge is -2.29. The molecule has 1 atom stereocenters. The molecule has 1 amide bonds. The fourth-order valence-electron chi connectivity index (χ4n) is 3.22. The molecule has 0 radical (unpaired) electrons. The number of aryl methyl sites for hydroxylation is 1. The van der Waals surface area contributed by atoms with Crippen molar-refractivity contribution >= 4 is 11.9 Å². The van der Waals surface area contributed by atoms with E-state index in [0.29, 0.717) is 25.5 Å². The molecular formula is C18H23N5O3. The Morgan fingerprint density at radius 3 is 2.73 bits per heavy atom. The van der Waals surface area contributed by atoms with Crippen molar-refractivity contribution in [1.29, 1.82) is 0 Å². The van der Waals surface area contributed by atoms with Crippen molar-refractivity contribution in [1.82, 2.24) is 19.4 Å². The number of amides is 1. The van der Waals surface area contributed by atoms with Crippen LogP contribution in [0.1, 0.15) is 22.5 Å². The molecule has 1 fully saturated rings. The number of aromatic nitrogens is 3. The number of aliphatic hydroxyl groups is 1. The molecular weight excluding hydrogens is 334 g/mol. The monoisotopic (exact) mass is 357 g/mol. The molecule has 8 nitrogen and oxygen atoms in total. The maximum Gasteiger partial charge on any atom is 0.263 e. The molecule has 1 aliphatic rings. The molecule has 1 saturated heterocycles. The second-order valence-corrected chi connectivity index (χ2v) is 6.86. The molecule has 138 valence electrons. The molecule has 1 N–H and O–H groups in total. The lowest BCUT2D eigenvalue weighted by Crippen LogP contribution is -2.47. The highest BCUT2D eigenvalue weighted by Crippen LogP contribution is 2.25. The molecule has 2 aromatic heterocycles. The zero-order valence-electron chi connectivity index (χ0n) is 15.2. The minimum absolute atomic E-state index is 0.102. The summed E-state index contributed by atoms with van der Waals surface area (Å²) in [7, 11) is 3.23. The number of β-amino-alcohol motifs (C(OH)–C–C–N with tert-alkyl or cyclic N) is 1. The number of rotatable bonds is 4. The first-order valence-corrected chi connectivity index (χ1v) is 8.47. The molecule has 3 heterocycles. The molecule has 0 spiro atoms. The van der Waals surface area contributed by atoms with Crippen LogP contribution in [0.4, 0.5) is 5.95 Å². The quantitative estimate of drug-likeness (QED) is 0.840. The van der Waals surface area contributed by atoms with Crippen LogP contribution in [0.5, 0.6) is 0 Å². The number of pyridine rings is 1. The topological polar surface area (TPSA) is 91.6 Å². The van der Waals surface area contributed by atoms with Crippen LogP contribution < -0.4 is 10.5 Å². The maximum atomic E-state index is 12.7. The summed E-state index contributed by atoms with van der Waals surface area (Å²) in [4.78, 5) is 36.7. The highest BCUT2D eigenvalue weighted by Gasteiger charge is 2.39. The Bertz CT molecular complexity index is 867. The number of carbonyl (C=O) groups excluding carboxylic acids is 1. The van der Waals surface area contributed by atoms with Crippen LogP contribution in [0.25, 0.3) is 0 Å². The van der Waals surface area contributed by atoms with Crippen molar-refractivity contribution in [2.24, 2.45) is 7.05 Å². The molecule has 8 heteroatoms. The van der Waals surface area contributed by atoms with Gasteiger partial charge < -0.3 is 19.5 Å². The van der Waals surface area contributed by atoms with Crippen molar-refractivity contribution in [3.63, 3.8) is 0 Å². The number of hydrogen-bond acceptors (Lipinski definition) is 6. The minimum Gasteiger partial charge on any atom is -0.386 e. The van der Waals surface area contributed by atoms with Crippen LogP contribution >= 0.6 is 0 Å². The molecule has 0 aromatic carbocycles. The summed E-state index contributed by atoms with van der Waals surface area (Å²) in [5.74, 6) is 0.165. The Labute approximate surface area is 151 Å². The fraction of sp³-hybridized carbons (Fsp3) is 0.444. The van der Waals surface area contributed by atoms with E-state index in [1.807, 2.05) is 4.90 Å². The van der Waals surface area contributed by atoms with E-state index >= 15 is 0 Å². The Morgan fingerprint density at radius 1 is 1.35 bits per heavy atom. The molecule has 0 unspecified atom stereocenters. The van der Waals surface area contributed by atoms with E-state index in [-0.39, 0.29) is 17.7 Å². The lowest BCUT2D eigenvalue weighted by molar-refractivity contribution is 0.0263. The lowest BCUT2D eigenvalue weighted by atomic mass is 10.0. The largest absolute Gasteiger partial charge is 0.386 e. The average molecular weight is 357 g/mol. The maximum absolute atomic E-state index is 12.7. The summed E-state index contributed by atoms with van der Waals surface area (Å²) in [5, 5.41) is 10.9. The number of carbonyl (C=O) groups is 1. The van der Waals surface area contributed by atoms with Gasteiger partial charge in [-0.2, -0.15) is 0 Å². The second kappa shape index (κ2) is 6.87. The van der Waals surface area contributed by atoms with Crippen molar-refractivity contribution in [3.8, 4) is 0 Å². The highest BCUT2D eigenvalue weighted by molar-refractivity contribution is 5.93. The number of likely N-dealkylation sites (N-methyl/N-ethyl adjacent to an activating group) is 1. The molecule has 0 bridgehead atoms. The van der Waals surface area contributed by atoms with Crippen molar-refractivity contribution in [3.05, 3.63) is 52.2 Å². The summed E-state index contributed by atoms with van der Waals surface area (Å²) in [6, 6.07) is 5.01. The average Bonchev–Trinajstić information content (AvgIpc) is 3.02. The van der Waals surface area contributed by atoms with E-state index in [1.54, 1.807) is 51.6 Å². The third-order valence-corrected chi connectivity index (χ3v) is 4.83. The summed E-state index contributed by atoms with van der Waals surface area (Å²) >= 11 is 0. The smallest absolute Gasteiger partial charge is 0.263 e. The molecule has 1 aliphatic heterocycles. The molecule has 2 aromatic rings. The van der Waals surface area contributed by atoms with E-state index in [2.05, 4.69) is 9.97 Å². The molecule has 3 rings (SSSR count). The zero-order chi connectivity index (χ0) is 18.9. The number of anilines is 1. The SMILES string of the molecule is Cc1ccc(C(=O)N(C)C[C@@]2(O)CCN(c3ncccn3)C2)c(=O)n1C. The predicted molar refractivity (Wildman–Crippen MR) is 97.2 cm³/mol. The number of hydrogen-bond donors (Lipinski definition) is 1. The Hall–Kier alpha value is -2.74. The third kappa shape index (κ3) is 3.45. The van der Waals surface area contributed by atoms with E-state index in [1.165, 1.54) is 9.47 Å². The Balaban J connectivity index is 1.72. The van der Waals surface area contributed by atoms with Crippen LogP contribution in [0.15, 0.2) is 35.4 Å². The van der Waals surface area contributed by atoms with Gasteiger partial charge in [-0.05, 0) is 31.5 Å². The van der Waals surface area contributed by atoms with Gasteiger partial charge in [0.15, 0.2) is 0 Å². The second-order valence-electron chi connectivity index (χ2n) is 6.86. The summed E-state index contributed by atoms with van der Waals surface area (Å²) < 4.78 is 1.44. The summed E-state index contributed by atoms with van der Waals surface area (Å²) in [6.45, 7) is 2.88. The van der Waals surface area contributed by atoms with E-state index in [4.69, 9.17) is 0 Å². The first-order chi connectivity index (χ1) is 12.3. The van der Waals surface area contributed by atoms with E-state index in [9.17, 15) is 14.7 Å². The van der Waals surface area contributed by atoms with E-state index in [0.717, 1.165) is 5.69 Å². The van der Waals surface area contributed by atoms with E-state index < -0.39 is 11.5 Å². The van der Waals surface area contributed by atoms with Gasteiger partial charge in [0.2, 0.25) is 5.95 Å². The van der Waals surface area contributed by atoms with Gasteiger partial charge in [0.25, 0.3) is 11.5 Å². The highest BCUT2D eigenvalue weighted by atomic mass is 16.3. The first-order valence-electron chi connectivity index (χ1n) is 8.47. The number of nitrogens with zero attached hydrogens (tertiary/aromatic N) is 5. The third-order valence-electron chi connectivity index (χ3n) is 4.83. The van der Waals surface area contributed by atoms with Gasteiger partial charge in [-0.3, -0.25) is 9.59 Å². The molecule has 0 saturated carbocycles.